The van der Waals surface area contributed by atoms with Crippen LogP contribution in [-0.4, -0.2) is 12.5 Å². The summed E-state index contributed by atoms with van der Waals surface area (Å²) in [5, 5.41) is 2.80. The van der Waals surface area contributed by atoms with E-state index >= 15 is 0 Å². The highest BCUT2D eigenvalue weighted by molar-refractivity contribution is 6.04. The molecule has 1 aromatic heterocycles. The Morgan fingerprint density at radius 3 is 2.64 bits per heavy atom. The summed E-state index contributed by atoms with van der Waals surface area (Å²) in [6.07, 6.45) is 3.94. The summed E-state index contributed by atoms with van der Waals surface area (Å²) in [6.45, 7) is 1.06. The van der Waals surface area contributed by atoms with Crippen LogP contribution in [0.25, 0.3) is 0 Å². The number of hydrogen-bond acceptors (Lipinski definition) is 4. The molecule has 118 valence electrons. The summed E-state index contributed by atoms with van der Waals surface area (Å²) < 4.78 is 10.8. The Hall–Kier alpha value is -1.98. The predicted octanol–water partition coefficient (Wildman–Crippen LogP) is 3.20. The normalized spacial score (nSPS) is 13.3. The first-order valence-corrected chi connectivity index (χ1v) is 7.06. The number of anilines is 1. The highest BCUT2D eigenvalue weighted by atomic mass is 35.5. The first-order chi connectivity index (χ1) is 10.2. The van der Waals surface area contributed by atoms with Gasteiger partial charge in [0.1, 0.15) is 17.8 Å². The lowest BCUT2D eigenvalue weighted by atomic mass is 10.2. The summed E-state index contributed by atoms with van der Waals surface area (Å²) in [5.41, 5.74) is 6.63. The van der Waals surface area contributed by atoms with Gasteiger partial charge in [0.2, 0.25) is 0 Å². The number of carbonyl (C=O) groups excluding carboxylic acids is 1. The Morgan fingerprint density at radius 2 is 2.05 bits per heavy atom. The maximum Gasteiger partial charge on any atom is 0.258 e. The van der Waals surface area contributed by atoms with Gasteiger partial charge in [0, 0.05) is 5.69 Å². The molecule has 0 atom stereocenters. The van der Waals surface area contributed by atoms with Gasteiger partial charge in [0.15, 0.2) is 0 Å². The molecule has 1 aliphatic rings. The smallest absolute Gasteiger partial charge is 0.258 e. The van der Waals surface area contributed by atoms with Crippen LogP contribution in [0.15, 0.2) is 41.0 Å². The van der Waals surface area contributed by atoms with E-state index in [0.29, 0.717) is 17.0 Å². The van der Waals surface area contributed by atoms with Gasteiger partial charge in [-0.15, -0.1) is 12.4 Å². The quantitative estimate of drug-likeness (QED) is 0.856. The number of ether oxygens (including phenoxy) is 1. The minimum absolute atomic E-state index is 0. The molecule has 2 aromatic rings. The molecule has 0 unspecified atom stereocenters. The third kappa shape index (κ3) is 4.26. The third-order valence-electron chi connectivity index (χ3n) is 3.41. The molecule has 0 aliphatic heterocycles. The molecule has 3 rings (SSSR count). The van der Waals surface area contributed by atoms with E-state index in [1.54, 1.807) is 6.07 Å². The number of nitrogens with two attached hydrogens (primary N) is 1. The van der Waals surface area contributed by atoms with Crippen LogP contribution < -0.4 is 15.8 Å². The lowest BCUT2D eigenvalue weighted by Crippen LogP contribution is -2.10. The van der Waals surface area contributed by atoms with Gasteiger partial charge in [-0.2, -0.15) is 0 Å². The van der Waals surface area contributed by atoms with Crippen molar-refractivity contribution in [1.82, 2.24) is 0 Å². The van der Waals surface area contributed by atoms with Gasteiger partial charge in [-0.05, 0) is 49.1 Å². The first-order valence-electron chi connectivity index (χ1n) is 7.06. The Kier molecular flexibility index (Phi) is 5.46. The molecular formula is C16H19ClN2O3. The monoisotopic (exact) mass is 322 g/mol. The van der Waals surface area contributed by atoms with Crippen LogP contribution in [0.3, 0.4) is 0 Å². The second-order valence-electron chi connectivity index (χ2n) is 5.24. The zero-order chi connectivity index (χ0) is 14.7. The van der Waals surface area contributed by atoms with E-state index < -0.39 is 0 Å². The Labute approximate surface area is 135 Å². The van der Waals surface area contributed by atoms with Crippen LogP contribution in [0.1, 0.15) is 29.0 Å². The van der Waals surface area contributed by atoms with Gasteiger partial charge in [-0.3, -0.25) is 4.79 Å². The van der Waals surface area contributed by atoms with Crippen molar-refractivity contribution >= 4 is 24.0 Å². The average molecular weight is 323 g/mol. The van der Waals surface area contributed by atoms with E-state index in [9.17, 15) is 4.79 Å². The van der Waals surface area contributed by atoms with Crippen molar-refractivity contribution < 1.29 is 13.9 Å². The maximum absolute atomic E-state index is 12.0. The number of benzene rings is 1. The van der Waals surface area contributed by atoms with Crippen LogP contribution in [0.4, 0.5) is 5.69 Å². The molecular weight excluding hydrogens is 304 g/mol. The molecule has 0 radical (unpaired) electrons. The maximum atomic E-state index is 12.0. The zero-order valence-corrected chi connectivity index (χ0v) is 12.9. The fourth-order valence-electron chi connectivity index (χ4n) is 1.94. The van der Waals surface area contributed by atoms with Crippen molar-refractivity contribution in [2.75, 3.05) is 11.9 Å². The summed E-state index contributed by atoms with van der Waals surface area (Å²) in [6, 6.07) is 9.01. The number of amides is 1. The first kappa shape index (κ1) is 16.4. The fourth-order valence-corrected chi connectivity index (χ4v) is 1.94. The predicted molar refractivity (Wildman–Crippen MR) is 86.5 cm³/mol. The van der Waals surface area contributed by atoms with E-state index in [2.05, 4.69) is 5.32 Å². The van der Waals surface area contributed by atoms with Crippen LogP contribution in [0.5, 0.6) is 5.75 Å². The van der Waals surface area contributed by atoms with Crippen molar-refractivity contribution in [3.63, 3.8) is 0 Å². The summed E-state index contributed by atoms with van der Waals surface area (Å²) >= 11 is 0. The SMILES string of the molecule is Cl.NCc1cc(C(=O)Nc2ccc(OCC3CC3)cc2)co1. The van der Waals surface area contributed by atoms with Gasteiger partial charge >= 0.3 is 0 Å². The van der Waals surface area contributed by atoms with Gasteiger partial charge in [-0.1, -0.05) is 0 Å². The summed E-state index contributed by atoms with van der Waals surface area (Å²) in [5.74, 6) is 1.92. The van der Waals surface area contributed by atoms with Gasteiger partial charge in [-0.25, -0.2) is 0 Å². The van der Waals surface area contributed by atoms with Crippen molar-refractivity contribution in [1.29, 1.82) is 0 Å². The molecule has 1 saturated carbocycles. The van der Waals surface area contributed by atoms with E-state index in [-0.39, 0.29) is 24.9 Å². The highest BCUT2D eigenvalue weighted by Crippen LogP contribution is 2.29. The van der Waals surface area contributed by atoms with Gasteiger partial charge in [0.25, 0.3) is 5.91 Å². The molecule has 6 heteroatoms. The molecule has 1 amide bonds. The van der Waals surface area contributed by atoms with Crippen LogP contribution in [0, 0.1) is 5.92 Å². The highest BCUT2D eigenvalue weighted by Gasteiger charge is 2.21. The fraction of sp³-hybridized carbons (Fsp3) is 0.312. The summed E-state index contributed by atoms with van der Waals surface area (Å²) in [4.78, 5) is 12.0. The standard InChI is InChI=1S/C16H18N2O3.ClH/c17-8-15-7-12(10-21-15)16(19)18-13-3-5-14(6-4-13)20-9-11-1-2-11;/h3-7,10-11H,1-2,8-9,17H2,(H,18,19);1H. The van der Waals surface area contributed by atoms with Crippen molar-refractivity contribution in [3.05, 3.63) is 47.9 Å². The van der Waals surface area contributed by atoms with Gasteiger partial charge in [0.05, 0.1) is 18.7 Å². The molecule has 0 spiro atoms. The molecule has 22 heavy (non-hydrogen) atoms. The van der Waals surface area contributed by atoms with Crippen LogP contribution in [0.2, 0.25) is 0 Å². The summed E-state index contributed by atoms with van der Waals surface area (Å²) in [7, 11) is 0. The second kappa shape index (κ2) is 7.33. The number of hydrogen-bond donors (Lipinski definition) is 2. The molecule has 0 saturated heterocycles. The number of halogens is 1. The van der Waals surface area contributed by atoms with Crippen LogP contribution in [-0.2, 0) is 6.54 Å². The molecule has 5 nitrogen and oxygen atoms in total. The molecule has 3 N–H and O–H groups in total. The van der Waals surface area contributed by atoms with Crippen molar-refractivity contribution in [2.24, 2.45) is 11.7 Å². The van der Waals surface area contributed by atoms with Crippen molar-refractivity contribution in [2.45, 2.75) is 19.4 Å². The minimum atomic E-state index is -0.218. The Bertz CT molecular complexity index is 621. The lowest BCUT2D eigenvalue weighted by molar-refractivity contribution is 0.102. The Balaban J connectivity index is 0.00000176. The third-order valence-corrected chi connectivity index (χ3v) is 3.41. The second-order valence-corrected chi connectivity index (χ2v) is 5.24. The van der Waals surface area contributed by atoms with E-state index in [1.807, 2.05) is 24.3 Å². The molecule has 0 bridgehead atoms. The van der Waals surface area contributed by atoms with Gasteiger partial charge < -0.3 is 20.2 Å². The topological polar surface area (TPSA) is 77.5 Å². The molecule has 1 aliphatic carbocycles. The zero-order valence-electron chi connectivity index (χ0n) is 12.1. The van der Waals surface area contributed by atoms with Crippen molar-refractivity contribution in [3.8, 4) is 5.75 Å². The van der Waals surface area contributed by atoms with E-state index in [0.717, 1.165) is 18.3 Å². The van der Waals surface area contributed by atoms with E-state index in [1.165, 1.54) is 19.1 Å². The number of carbonyl (C=O) groups is 1. The number of rotatable bonds is 6. The Morgan fingerprint density at radius 1 is 1.32 bits per heavy atom. The number of furan rings is 1. The number of nitrogens with one attached hydrogen (secondary N) is 1. The molecule has 1 aromatic carbocycles. The average Bonchev–Trinajstić information content (AvgIpc) is 3.21. The lowest BCUT2D eigenvalue weighted by Gasteiger charge is -2.07. The molecule has 1 fully saturated rings. The molecule has 1 heterocycles. The van der Waals surface area contributed by atoms with Crippen LogP contribution >= 0.6 is 12.4 Å². The minimum Gasteiger partial charge on any atom is -0.493 e. The largest absolute Gasteiger partial charge is 0.493 e. The van der Waals surface area contributed by atoms with E-state index in [4.69, 9.17) is 14.9 Å².